The average molecular weight is 144 g/mol. The molecule has 0 rings (SSSR count). The SMILES string of the molecule is C=C(F)C=C(CC)C(=O)O. The standard InChI is InChI=1S/C7H9FO2/c1-3-6(7(9)10)4-5(2)8/h4H,2-3H2,1H3,(H,9,10). The van der Waals surface area contributed by atoms with Crippen molar-refractivity contribution in [3.05, 3.63) is 24.1 Å². The molecule has 0 aliphatic rings. The lowest BCUT2D eigenvalue weighted by molar-refractivity contribution is -0.132. The van der Waals surface area contributed by atoms with E-state index >= 15 is 0 Å². The van der Waals surface area contributed by atoms with Gasteiger partial charge in [0.1, 0.15) is 5.83 Å². The number of hydrogen-bond donors (Lipinski definition) is 1. The molecule has 0 atom stereocenters. The molecule has 0 saturated carbocycles. The van der Waals surface area contributed by atoms with Crippen molar-refractivity contribution in [2.24, 2.45) is 0 Å². The van der Waals surface area contributed by atoms with Crippen LogP contribution in [0.1, 0.15) is 13.3 Å². The van der Waals surface area contributed by atoms with E-state index in [2.05, 4.69) is 6.58 Å². The van der Waals surface area contributed by atoms with Crippen molar-refractivity contribution in [3.63, 3.8) is 0 Å². The highest BCUT2D eigenvalue weighted by Gasteiger charge is 2.03. The number of rotatable bonds is 3. The third-order valence-corrected chi connectivity index (χ3v) is 0.986. The minimum atomic E-state index is -1.10. The van der Waals surface area contributed by atoms with Crippen LogP contribution in [-0.2, 0) is 4.79 Å². The summed E-state index contributed by atoms with van der Waals surface area (Å²) in [6.07, 6.45) is 1.22. The molecular formula is C7H9FO2. The van der Waals surface area contributed by atoms with Gasteiger partial charge < -0.3 is 5.11 Å². The fourth-order valence-electron chi connectivity index (χ4n) is 0.504. The van der Waals surface area contributed by atoms with E-state index in [9.17, 15) is 9.18 Å². The smallest absolute Gasteiger partial charge is 0.331 e. The molecule has 0 aromatic rings. The van der Waals surface area contributed by atoms with Gasteiger partial charge in [-0.15, -0.1) is 0 Å². The van der Waals surface area contributed by atoms with E-state index in [1.165, 1.54) is 0 Å². The van der Waals surface area contributed by atoms with Gasteiger partial charge in [-0.25, -0.2) is 9.18 Å². The predicted octanol–water partition coefficient (Wildman–Crippen LogP) is 1.89. The van der Waals surface area contributed by atoms with Crippen LogP contribution in [0.4, 0.5) is 4.39 Å². The van der Waals surface area contributed by atoms with Gasteiger partial charge in [0.2, 0.25) is 0 Å². The first-order chi connectivity index (χ1) is 4.57. The Morgan fingerprint density at radius 3 is 2.40 bits per heavy atom. The van der Waals surface area contributed by atoms with Gasteiger partial charge in [0.25, 0.3) is 0 Å². The minimum absolute atomic E-state index is 0.0347. The van der Waals surface area contributed by atoms with Crippen LogP contribution in [0.15, 0.2) is 24.1 Å². The maximum atomic E-state index is 12.0. The number of carboxylic acids is 1. The second-order valence-corrected chi connectivity index (χ2v) is 1.78. The monoisotopic (exact) mass is 144 g/mol. The largest absolute Gasteiger partial charge is 0.478 e. The van der Waals surface area contributed by atoms with Gasteiger partial charge in [0.05, 0.1) is 0 Å². The van der Waals surface area contributed by atoms with E-state index < -0.39 is 11.8 Å². The van der Waals surface area contributed by atoms with Gasteiger partial charge in [0, 0.05) is 5.57 Å². The fourth-order valence-corrected chi connectivity index (χ4v) is 0.504. The summed E-state index contributed by atoms with van der Waals surface area (Å²) < 4.78 is 12.0. The molecule has 0 heterocycles. The van der Waals surface area contributed by atoms with Crippen LogP contribution in [0.2, 0.25) is 0 Å². The zero-order valence-corrected chi connectivity index (χ0v) is 5.72. The Bertz CT molecular complexity index is 182. The Balaban J connectivity index is 4.34. The van der Waals surface area contributed by atoms with Crippen LogP contribution >= 0.6 is 0 Å². The lowest BCUT2D eigenvalue weighted by Gasteiger charge is -1.93. The van der Waals surface area contributed by atoms with Crippen LogP contribution in [0.3, 0.4) is 0 Å². The third-order valence-electron chi connectivity index (χ3n) is 0.986. The van der Waals surface area contributed by atoms with E-state index in [1.807, 2.05) is 0 Å². The summed E-state index contributed by atoms with van der Waals surface area (Å²) in [5.41, 5.74) is 0.0347. The van der Waals surface area contributed by atoms with E-state index in [1.54, 1.807) is 6.92 Å². The second kappa shape index (κ2) is 3.82. The molecule has 0 spiro atoms. The molecule has 0 fully saturated rings. The number of carbonyl (C=O) groups is 1. The minimum Gasteiger partial charge on any atom is -0.478 e. The van der Waals surface area contributed by atoms with E-state index in [0.29, 0.717) is 6.42 Å². The fraction of sp³-hybridized carbons (Fsp3) is 0.286. The Morgan fingerprint density at radius 2 is 2.30 bits per heavy atom. The van der Waals surface area contributed by atoms with Crippen molar-refractivity contribution in [2.75, 3.05) is 0 Å². The molecule has 2 nitrogen and oxygen atoms in total. The summed E-state index contributed by atoms with van der Waals surface area (Å²) >= 11 is 0. The van der Waals surface area contributed by atoms with Crippen LogP contribution < -0.4 is 0 Å². The molecule has 0 unspecified atom stereocenters. The number of hydrogen-bond acceptors (Lipinski definition) is 1. The van der Waals surface area contributed by atoms with E-state index in [4.69, 9.17) is 5.11 Å². The highest BCUT2D eigenvalue weighted by atomic mass is 19.1. The summed E-state index contributed by atoms with van der Waals surface area (Å²) in [6, 6.07) is 0. The molecule has 0 aromatic heterocycles. The summed E-state index contributed by atoms with van der Waals surface area (Å²) in [5, 5.41) is 8.35. The van der Waals surface area contributed by atoms with Crippen LogP contribution in [0.25, 0.3) is 0 Å². The number of allylic oxidation sites excluding steroid dienone is 2. The van der Waals surface area contributed by atoms with Crippen molar-refractivity contribution in [1.29, 1.82) is 0 Å². The zero-order valence-electron chi connectivity index (χ0n) is 5.72. The van der Waals surface area contributed by atoms with Crippen molar-refractivity contribution < 1.29 is 14.3 Å². The molecular weight excluding hydrogens is 135 g/mol. The molecule has 0 aliphatic carbocycles. The van der Waals surface area contributed by atoms with Crippen molar-refractivity contribution in [2.45, 2.75) is 13.3 Å². The lowest BCUT2D eigenvalue weighted by atomic mass is 10.2. The van der Waals surface area contributed by atoms with Crippen LogP contribution in [0.5, 0.6) is 0 Å². The summed E-state index contributed by atoms with van der Waals surface area (Å²) in [5.74, 6) is -1.82. The molecule has 3 heteroatoms. The number of carboxylic acid groups (broad SMARTS) is 1. The molecule has 0 amide bonds. The van der Waals surface area contributed by atoms with E-state index in [-0.39, 0.29) is 5.57 Å². The number of halogens is 1. The average Bonchev–Trinajstić information content (AvgIpc) is 1.81. The van der Waals surface area contributed by atoms with Crippen molar-refractivity contribution in [3.8, 4) is 0 Å². The molecule has 0 aromatic carbocycles. The maximum absolute atomic E-state index is 12.0. The Labute approximate surface area is 58.7 Å². The summed E-state index contributed by atoms with van der Waals surface area (Å²) in [7, 11) is 0. The maximum Gasteiger partial charge on any atom is 0.331 e. The highest BCUT2D eigenvalue weighted by Crippen LogP contribution is 2.05. The molecule has 56 valence electrons. The first kappa shape index (κ1) is 8.88. The summed E-state index contributed by atoms with van der Waals surface area (Å²) in [4.78, 5) is 10.2. The van der Waals surface area contributed by atoms with Crippen molar-refractivity contribution in [1.82, 2.24) is 0 Å². The lowest BCUT2D eigenvalue weighted by Crippen LogP contribution is -1.98. The van der Waals surface area contributed by atoms with Gasteiger partial charge in [-0.05, 0) is 12.5 Å². The van der Waals surface area contributed by atoms with Crippen LogP contribution in [-0.4, -0.2) is 11.1 Å². The quantitative estimate of drug-likeness (QED) is 0.485. The zero-order chi connectivity index (χ0) is 8.15. The first-order valence-electron chi connectivity index (χ1n) is 2.86. The number of aliphatic carboxylic acids is 1. The van der Waals surface area contributed by atoms with Gasteiger partial charge in [-0.3, -0.25) is 0 Å². The highest BCUT2D eigenvalue weighted by molar-refractivity contribution is 5.86. The van der Waals surface area contributed by atoms with Crippen LogP contribution in [0, 0.1) is 0 Å². The van der Waals surface area contributed by atoms with Crippen molar-refractivity contribution >= 4 is 5.97 Å². The van der Waals surface area contributed by atoms with E-state index in [0.717, 1.165) is 6.08 Å². The molecule has 0 saturated heterocycles. The topological polar surface area (TPSA) is 37.3 Å². The third kappa shape index (κ3) is 3.02. The molecule has 0 aliphatic heterocycles. The van der Waals surface area contributed by atoms with Gasteiger partial charge in [0.15, 0.2) is 0 Å². The summed E-state index contributed by atoms with van der Waals surface area (Å²) in [6.45, 7) is 4.56. The van der Waals surface area contributed by atoms with Gasteiger partial charge in [-0.2, -0.15) is 0 Å². The molecule has 10 heavy (non-hydrogen) atoms. The predicted molar refractivity (Wildman–Crippen MR) is 36.3 cm³/mol. The first-order valence-corrected chi connectivity index (χ1v) is 2.86. The normalized spacial score (nSPS) is 11.2. The second-order valence-electron chi connectivity index (χ2n) is 1.78. The molecule has 0 radical (unpaired) electrons. The molecule has 1 N–H and O–H groups in total. The van der Waals surface area contributed by atoms with Gasteiger partial charge >= 0.3 is 5.97 Å². The van der Waals surface area contributed by atoms with Gasteiger partial charge in [-0.1, -0.05) is 13.5 Å². The Kier molecular flexibility index (Phi) is 3.39. The Morgan fingerprint density at radius 1 is 1.80 bits per heavy atom. The Hall–Kier alpha value is -1.12. The molecule has 0 bridgehead atoms.